The van der Waals surface area contributed by atoms with E-state index >= 15 is 0 Å². The fraction of sp³-hybridized carbons (Fsp3) is 0.105. The smallest absolute Gasteiger partial charge is 0.231 e. The molecule has 116 valence electrons. The first kappa shape index (κ1) is 14.9. The van der Waals surface area contributed by atoms with E-state index in [2.05, 4.69) is 6.58 Å². The van der Waals surface area contributed by atoms with E-state index in [1.165, 1.54) is 11.6 Å². The Hall–Kier alpha value is -3.01. The molecule has 1 aliphatic rings. The van der Waals surface area contributed by atoms with Gasteiger partial charge in [0.15, 0.2) is 11.5 Å². The van der Waals surface area contributed by atoms with Gasteiger partial charge in [0.25, 0.3) is 0 Å². The van der Waals surface area contributed by atoms with Crippen molar-refractivity contribution < 1.29 is 19.0 Å². The van der Waals surface area contributed by atoms with E-state index in [-0.39, 0.29) is 6.79 Å². The maximum absolute atomic E-state index is 10.5. The third kappa shape index (κ3) is 3.43. The second-order valence-electron chi connectivity index (χ2n) is 4.99. The van der Waals surface area contributed by atoms with Gasteiger partial charge in [0.2, 0.25) is 12.5 Å². The first-order valence-electron chi connectivity index (χ1n) is 7.23. The van der Waals surface area contributed by atoms with Crippen molar-refractivity contribution in [2.24, 2.45) is 0 Å². The van der Waals surface area contributed by atoms with Crippen LogP contribution in [0.2, 0.25) is 0 Å². The molecule has 1 aliphatic heterocycles. The molecule has 0 amide bonds. The molecule has 0 saturated carbocycles. The number of ether oxygens (including phenoxy) is 3. The van der Waals surface area contributed by atoms with E-state index < -0.39 is 0 Å². The lowest BCUT2D eigenvalue weighted by molar-refractivity contribution is -0.104. The molecule has 0 atom stereocenters. The summed E-state index contributed by atoms with van der Waals surface area (Å²) in [5.74, 6) is 2.44. The lowest BCUT2D eigenvalue weighted by atomic mass is 10.1. The van der Waals surface area contributed by atoms with Crippen LogP contribution < -0.4 is 14.2 Å². The normalized spacial score (nSPS) is 12.3. The summed E-state index contributed by atoms with van der Waals surface area (Å²) < 4.78 is 16.8. The SMILES string of the molecule is C=CCc1ccc(Oc2cc(/C=C/C=O)cc3c2OCO3)cc1. The summed E-state index contributed by atoms with van der Waals surface area (Å²) in [5.41, 5.74) is 1.97. The van der Waals surface area contributed by atoms with Crippen LogP contribution >= 0.6 is 0 Å². The third-order valence-corrected chi connectivity index (χ3v) is 3.36. The van der Waals surface area contributed by atoms with Crippen molar-refractivity contribution in [3.63, 3.8) is 0 Å². The maximum atomic E-state index is 10.5. The zero-order chi connectivity index (χ0) is 16.1. The number of benzene rings is 2. The highest BCUT2D eigenvalue weighted by Gasteiger charge is 2.20. The maximum Gasteiger partial charge on any atom is 0.231 e. The molecule has 4 nitrogen and oxygen atoms in total. The average molecular weight is 308 g/mol. The van der Waals surface area contributed by atoms with Crippen molar-refractivity contribution in [1.82, 2.24) is 0 Å². The summed E-state index contributed by atoms with van der Waals surface area (Å²) in [6, 6.07) is 11.4. The molecule has 23 heavy (non-hydrogen) atoms. The number of hydrogen-bond donors (Lipinski definition) is 0. The van der Waals surface area contributed by atoms with Crippen molar-refractivity contribution in [2.45, 2.75) is 6.42 Å². The fourth-order valence-corrected chi connectivity index (χ4v) is 2.31. The predicted molar refractivity (Wildman–Crippen MR) is 88.1 cm³/mol. The molecule has 0 aliphatic carbocycles. The lowest BCUT2D eigenvalue weighted by Gasteiger charge is -2.10. The van der Waals surface area contributed by atoms with Gasteiger partial charge >= 0.3 is 0 Å². The molecule has 0 fully saturated rings. The van der Waals surface area contributed by atoms with Gasteiger partial charge in [-0.15, -0.1) is 6.58 Å². The molecule has 0 aromatic heterocycles. The summed E-state index contributed by atoms with van der Waals surface area (Å²) in [4.78, 5) is 10.5. The average Bonchev–Trinajstić information content (AvgIpc) is 3.04. The Labute approximate surface area is 134 Å². The Morgan fingerprint density at radius 2 is 2.00 bits per heavy atom. The number of fused-ring (bicyclic) bond motifs is 1. The Morgan fingerprint density at radius 1 is 1.17 bits per heavy atom. The molecule has 3 rings (SSSR count). The first-order chi connectivity index (χ1) is 11.3. The minimum absolute atomic E-state index is 0.158. The molecule has 4 heteroatoms. The van der Waals surface area contributed by atoms with Crippen LogP contribution in [0.5, 0.6) is 23.0 Å². The molecule has 0 radical (unpaired) electrons. The van der Waals surface area contributed by atoms with Crippen LogP contribution in [0.25, 0.3) is 6.08 Å². The van der Waals surface area contributed by atoms with E-state index in [1.54, 1.807) is 6.08 Å². The molecule has 0 unspecified atom stereocenters. The molecular weight excluding hydrogens is 292 g/mol. The van der Waals surface area contributed by atoms with Crippen LogP contribution in [0, 0.1) is 0 Å². The van der Waals surface area contributed by atoms with Crippen LogP contribution in [0.1, 0.15) is 11.1 Å². The summed E-state index contributed by atoms with van der Waals surface area (Å²) in [5, 5.41) is 0. The van der Waals surface area contributed by atoms with Crippen LogP contribution in [0.15, 0.2) is 55.1 Å². The van der Waals surface area contributed by atoms with Gasteiger partial charge in [0.05, 0.1) is 0 Å². The molecular formula is C19H16O4. The van der Waals surface area contributed by atoms with Gasteiger partial charge in [0, 0.05) is 0 Å². The molecule has 0 saturated heterocycles. The Bertz CT molecular complexity index is 745. The first-order valence-corrected chi connectivity index (χ1v) is 7.23. The summed E-state index contributed by atoms with van der Waals surface area (Å²) in [7, 11) is 0. The number of rotatable bonds is 6. The standard InChI is InChI=1S/C19H16O4/c1-2-4-14-6-8-16(9-7-14)23-18-12-15(5-3-10-20)11-17-19(18)22-13-21-17/h2-3,5-12H,1,4,13H2/b5-3+. The zero-order valence-electron chi connectivity index (χ0n) is 12.5. The number of carbonyl (C=O) groups excluding carboxylic acids is 1. The quantitative estimate of drug-likeness (QED) is 0.457. The van der Waals surface area contributed by atoms with E-state index in [0.29, 0.717) is 23.0 Å². The molecule has 1 heterocycles. The van der Waals surface area contributed by atoms with Gasteiger partial charge in [-0.2, -0.15) is 0 Å². The molecule has 2 aromatic rings. The second-order valence-corrected chi connectivity index (χ2v) is 4.99. The number of hydrogen-bond acceptors (Lipinski definition) is 4. The fourth-order valence-electron chi connectivity index (χ4n) is 2.31. The van der Waals surface area contributed by atoms with Crippen LogP contribution in [0.4, 0.5) is 0 Å². The van der Waals surface area contributed by atoms with Crippen molar-refractivity contribution in [1.29, 1.82) is 0 Å². The third-order valence-electron chi connectivity index (χ3n) is 3.36. The summed E-state index contributed by atoms with van der Waals surface area (Å²) >= 11 is 0. The minimum Gasteiger partial charge on any atom is -0.453 e. The topological polar surface area (TPSA) is 44.8 Å². The van der Waals surface area contributed by atoms with Crippen LogP contribution in [0.3, 0.4) is 0 Å². The van der Waals surface area contributed by atoms with Gasteiger partial charge in [-0.25, -0.2) is 0 Å². The number of aldehydes is 1. The van der Waals surface area contributed by atoms with Crippen LogP contribution in [-0.2, 0) is 11.2 Å². The van der Waals surface area contributed by atoms with Gasteiger partial charge in [-0.3, -0.25) is 4.79 Å². The van der Waals surface area contributed by atoms with E-state index in [0.717, 1.165) is 18.3 Å². The molecule has 0 bridgehead atoms. The second kappa shape index (κ2) is 6.83. The van der Waals surface area contributed by atoms with Crippen molar-refractivity contribution in [2.75, 3.05) is 6.79 Å². The van der Waals surface area contributed by atoms with Crippen molar-refractivity contribution in [3.05, 3.63) is 66.3 Å². The predicted octanol–water partition coefficient (Wildman–Crippen LogP) is 4.15. The van der Waals surface area contributed by atoms with Gasteiger partial charge in [-0.05, 0) is 47.9 Å². The Balaban J connectivity index is 1.89. The highest BCUT2D eigenvalue weighted by molar-refractivity contribution is 5.75. The largest absolute Gasteiger partial charge is 0.453 e. The number of allylic oxidation sites excluding steroid dienone is 2. The van der Waals surface area contributed by atoms with E-state index in [9.17, 15) is 4.79 Å². The highest BCUT2D eigenvalue weighted by Crippen LogP contribution is 2.44. The van der Waals surface area contributed by atoms with Crippen LogP contribution in [-0.4, -0.2) is 13.1 Å². The monoisotopic (exact) mass is 308 g/mol. The Kier molecular flexibility index (Phi) is 4.43. The minimum atomic E-state index is 0.158. The Morgan fingerprint density at radius 3 is 2.74 bits per heavy atom. The molecule has 0 spiro atoms. The summed E-state index contributed by atoms with van der Waals surface area (Å²) in [6.07, 6.45) is 6.51. The van der Waals surface area contributed by atoms with Crippen molar-refractivity contribution in [3.8, 4) is 23.0 Å². The number of carbonyl (C=O) groups is 1. The van der Waals surface area contributed by atoms with Gasteiger partial charge in [0.1, 0.15) is 12.0 Å². The van der Waals surface area contributed by atoms with E-state index in [1.807, 2.05) is 42.5 Å². The van der Waals surface area contributed by atoms with Gasteiger partial charge < -0.3 is 14.2 Å². The molecule has 0 N–H and O–H groups in total. The van der Waals surface area contributed by atoms with Gasteiger partial charge in [-0.1, -0.05) is 24.3 Å². The summed E-state index contributed by atoms with van der Waals surface area (Å²) in [6.45, 7) is 3.88. The van der Waals surface area contributed by atoms with Crippen molar-refractivity contribution >= 4 is 12.4 Å². The highest BCUT2D eigenvalue weighted by atomic mass is 16.7. The zero-order valence-corrected chi connectivity index (χ0v) is 12.5. The lowest BCUT2D eigenvalue weighted by Crippen LogP contribution is -1.94. The molecule has 2 aromatic carbocycles. The van der Waals surface area contributed by atoms with E-state index in [4.69, 9.17) is 14.2 Å².